The van der Waals surface area contributed by atoms with E-state index >= 15 is 0 Å². The average Bonchev–Trinajstić information content (AvgIpc) is 2.83. The van der Waals surface area contributed by atoms with Gasteiger partial charge in [-0.15, -0.1) is 12.4 Å². The Morgan fingerprint density at radius 2 is 2.11 bits per heavy atom. The lowest BCUT2D eigenvalue weighted by Gasteiger charge is -2.18. The van der Waals surface area contributed by atoms with Crippen molar-refractivity contribution in [3.63, 3.8) is 0 Å². The molecule has 1 aliphatic heterocycles. The van der Waals surface area contributed by atoms with Crippen LogP contribution in [0.3, 0.4) is 0 Å². The molecule has 0 saturated carbocycles. The molecule has 0 aromatic heterocycles. The second-order valence-corrected chi connectivity index (χ2v) is 4.37. The highest BCUT2D eigenvalue weighted by Crippen LogP contribution is 2.26. The van der Waals surface area contributed by atoms with E-state index in [9.17, 15) is 4.79 Å². The van der Waals surface area contributed by atoms with Crippen LogP contribution in [0.1, 0.15) is 16.8 Å². The van der Waals surface area contributed by atoms with Gasteiger partial charge in [-0.3, -0.25) is 4.79 Å². The number of halogens is 1. The lowest BCUT2D eigenvalue weighted by Crippen LogP contribution is -2.32. The Hall–Kier alpha value is -1.46. The molecular weight excluding hydrogens is 268 g/mol. The molecule has 1 heterocycles. The first-order valence-electron chi connectivity index (χ1n) is 5.92. The maximum absolute atomic E-state index is 12.3. The normalized spacial score (nSPS) is 17.8. The van der Waals surface area contributed by atoms with Crippen LogP contribution in [-0.4, -0.2) is 44.2 Å². The fourth-order valence-electron chi connectivity index (χ4n) is 2.12. The zero-order chi connectivity index (χ0) is 13.1. The van der Waals surface area contributed by atoms with Gasteiger partial charge in [-0.25, -0.2) is 0 Å². The number of rotatable bonds is 3. The van der Waals surface area contributed by atoms with E-state index < -0.39 is 0 Å². The summed E-state index contributed by atoms with van der Waals surface area (Å²) in [7, 11) is 3.12. The number of amides is 1. The second kappa shape index (κ2) is 6.63. The van der Waals surface area contributed by atoms with Gasteiger partial charge in [0, 0.05) is 25.2 Å². The highest BCUT2D eigenvalue weighted by atomic mass is 35.5. The lowest BCUT2D eigenvalue weighted by molar-refractivity contribution is 0.0787. The molecule has 19 heavy (non-hydrogen) atoms. The van der Waals surface area contributed by atoms with Crippen molar-refractivity contribution in [3.05, 3.63) is 23.8 Å². The van der Waals surface area contributed by atoms with Crippen molar-refractivity contribution < 1.29 is 14.3 Å². The minimum absolute atomic E-state index is 0. The average molecular weight is 287 g/mol. The molecule has 0 spiro atoms. The number of likely N-dealkylation sites (tertiary alicyclic amines) is 1. The molecule has 5 nitrogen and oxygen atoms in total. The Morgan fingerprint density at radius 1 is 1.37 bits per heavy atom. The zero-order valence-electron chi connectivity index (χ0n) is 11.1. The molecule has 2 N–H and O–H groups in total. The van der Waals surface area contributed by atoms with Crippen molar-refractivity contribution in [3.8, 4) is 11.5 Å². The van der Waals surface area contributed by atoms with Gasteiger partial charge in [-0.1, -0.05) is 0 Å². The van der Waals surface area contributed by atoms with Gasteiger partial charge < -0.3 is 20.1 Å². The number of carbonyl (C=O) groups excluding carboxylic acids is 1. The van der Waals surface area contributed by atoms with Crippen molar-refractivity contribution in [1.29, 1.82) is 0 Å². The number of methoxy groups -OCH3 is 2. The van der Waals surface area contributed by atoms with Crippen molar-refractivity contribution in [1.82, 2.24) is 4.90 Å². The molecule has 1 atom stereocenters. The quantitative estimate of drug-likeness (QED) is 0.910. The number of hydrogen-bond donors (Lipinski definition) is 1. The van der Waals surface area contributed by atoms with E-state index in [0.717, 1.165) is 6.42 Å². The van der Waals surface area contributed by atoms with E-state index in [0.29, 0.717) is 30.2 Å². The maximum Gasteiger partial charge on any atom is 0.257 e. The van der Waals surface area contributed by atoms with Crippen molar-refractivity contribution in [2.45, 2.75) is 12.5 Å². The molecule has 1 aliphatic rings. The minimum Gasteiger partial charge on any atom is -0.497 e. The Bertz CT molecular complexity index is 454. The number of carbonyl (C=O) groups is 1. The number of hydrogen-bond acceptors (Lipinski definition) is 4. The minimum atomic E-state index is -0.0394. The van der Waals surface area contributed by atoms with E-state index in [-0.39, 0.29) is 24.4 Å². The smallest absolute Gasteiger partial charge is 0.257 e. The number of ether oxygens (including phenoxy) is 2. The third kappa shape index (κ3) is 3.30. The highest BCUT2D eigenvalue weighted by molar-refractivity contribution is 5.97. The Kier molecular flexibility index (Phi) is 5.44. The summed E-state index contributed by atoms with van der Waals surface area (Å²) in [5.41, 5.74) is 6.36. The summed E-state index contributed by atoms with van der Waals surface area (Å²) in [6, 6.07) is 5.27. The van der Waals surface area contributed by atoms with Gasteiger partial charge in [0.2, 0.25) is 0 Å². The molecular formula is C13H19ClN2O3. The number of nitrogens with zero attached hydrogens (tertiary/aromatic N) is 1. The van der Waals surface area contributed by atoms with Crippen molar-refractivity contribution in [2.24, 2.45) is 5.73 Å². The summed E-state index contributed by atoms with van der Waals surface area (Å²) in [5, 5.41) is 0. The molecule has 6 heteroatoms. The fraction of sp³-hybridized carbons (Fsp3) is 0.462. The van der Waals surface area contributed by atoms with Gasteiger partial charge in [-0.05, 0) is 18.6 Å². The van der Waals surface area contributed by atoms with Gasteiger partial charge in [0.15, 0.2) is 0 Å². The van der Waals surface area contributed by atoms with Crippen LogP contribution in [0.4, 0.5) is 0 Å². The standard InChI is InChI=1S/C13H18N2O3.ClH/c1-17-10-3-4-11(12(7-10)18-2)13(16)15-6-5-9(14)8-15;/h3-4,7,9H,5-6,8,14H2,1-2H3;1H/t9-;/m0./s1. The third-order valence-corrected chi connectivity index (χ3v) is 3.15. The van der Waals surface area contributed by atoms with Gasteiger partial charge in [0.05, 0.1) is 19.8 Å². The second-order valence-electron chi connectivity index (χ2n) is 4.37. The number of benzene rings is 1. The van der Waals surface area contributed by atoms with E-state index in [4.69, 9.17) is 15.2 Å². The van der Waals surface area contributed by atoms with Gasteiger partial charge in [0.25, 0.3) is 5.91 Å². The SMILES string of the molecule is COc1ccc(C(=O)N2CC[C@H](N)C2)c(OC)c1.Cl. The van der Waals surface area contributed by atoms with Crippen LogP contribution in [0.15, 0.2) is 18.2 Å². The predicted molar refractivity (Wildman–Crippen MR) is 75.3 cm³/mol. The van der Waals surface area contributed by atoms with E-state index in [1.807, 2.05) is 0 Å². The molecule has 1 amide bonds. The Labute approximate surface area is 119 Å². The molecule has 1 aromatic carbocycles. The highest BCUT2D eigenvalue weighted by Gasteiger charge is 2.26. The zero-order valence-corrected chi connectivity index (χ0v) is 11.9. The van der Waals surface area contributed by atoms with Crippen LogP contribution < -0.4 is 15.2 Å². The monoisotopic (exact) mass is 286 g/mol. The fourth-order valence-corrected chi connectivity index (χ4v) is 2.12. The van der Waals surface area contributed by atoms with Crippen LogP contribution in [-0.2, 0) is 0 Å². The summed E-state index contributed by atoms with van der Waals surface area (Å²) in [5.74, 6) is 1.16. The van der Waals surface area contributed by atoms with E-state index in [1.165, 1.54) is 0 Å². The van der Waals surface area contributed by atoms with Crippen LogP contribution in [0, 0.1) is 0 Å². The van der Waals surface area contributed by atoms with Crippen molar-refractivity contribution >= 4 is 18.3 Å². The molecule has 1 aromatic rings. The van der Waals surface area contributed by atoms with E-state index in [1.54, 1.807) is 37.3 Å². The molecule has 1 saturated heterocycles. The summed E-state index contributed by atoms with van der Waals surface area (Å²) in [6.45, 7) is 1.31. The van der Waals surface area contributed by atoms with Crippen LogP contribution >= 0.6 is 12.4 Å². The summed E-state index contributed by atoms with van der Waals surface area (Å²) in [4.78, 5) is 14.1. The van der Waals surface area contributed by atoms with Gasteiger partial charge >= 0.3 is 0 Å². The molecule has 106 valence electrons. The molecule has 0 radical (unpaired) electrons. The first-order valence-corrected chi connectivity index (χ1v) is 5.92. The molecule has 1 fully saturated rings. The van der Waals surface area contributed by atoms with Crippen molar-refractivity contribution in [2.75, 3.05) is 27.3 Å². The molecule has 0 unspecified atom stereocenters. The summed E-state index contributed by atoms with van der Waals surface area (Å²) < 4.78 is 10.3. The van der Waals surface area contributed by atoms with Crippen LogP contribution in [0.25, 0.3) is 0 Å². The Morgan fingerprint density at radius 3 is 2.63 bits per heavy atom. The Balaban J connectivity index is 0.00000180. The number of nitrogens with two attached hydrogens (primary N) is 1. The summed E-state index contributed by atoms with van der Waals surface area (Å²) in [6.07, 6.45) is 0.851. The first-order chi connectivity index (χ1) is 8.65. The largest absolute Gasteiger partial charge is 0.497 e. The first kappa shape index (κ1) is 15.6. The lowest BCUT2D eigenvalue weighted by atomic mass is 10.1. The van der Waals surface area contributed by atoms with Gasteiger partial charge in [-0.2, -0.15) is 0 Å². The van der Waals surface area contributed by atoms with Gasteiger partial charge in [0.1, 0.15) is 11.5 Å². The predicted octanol–water partition coefficient (Wildman–Crippen LogP) is 1.30. The maximum atomic E-state index is 12.3. The topological polar surface area (TPSA) is 64.8 Å². The summed E-state index contributed by atoms with van der Waals surface area (Å²) >= 11 is 0. The molecule has 2 rings (SSSR count). The van der Waals surface area contributed by atoms with E-state index in [2.05, 4.69) is 0 Å². The molecule has 0 bridgehead atoms. The molecule has 0 aliphatic carbocycles. The van der Waals surface area contributed by atoms with Crippen LogP contribution in [0.2, 0.25) is 0 Å². The third-order valence-electron chi connectivity index (χ3n) is 3.15. The van der Waals surface area contributed by atoms with Crippen LogP contribution in [0.5, 0.6) is 11.5 Å².